The minimum absolute atomic E-state index is 0.130. The monoisotopic (exact) mass is 230 g/mol. The largest absolute Gasteiger partial charge is 0.481 e. The van der Waals surface area contributed by atoms with Gasteiger partial charge in [0, 0.05) is 18.6 Å². The first-order chi connectivity index (χ1) is 7.30. The molecule has 2 amide bonds. The van der Waals surface area contributed by atoms with Gasteiger partial charge in [-0.2, -0.15) is 0 Å². The Morgan fingerprint density at radius 2 is 2.12 bits per heavy atom. The van der Waals surface area contributed by atoms with E-state index in [2.05, 4.69) is 5.32 Å². The fourth-order valence-electron chi connectivity index (χ4n) is 1.72. The third-order valence-electron chi connectivity index (χ3n) is 2.49. The van der Waals surface area contributed by atoms with Crippen molar-refractivity contribution in [2.24, 2.45) is 0 Å². The maximum absolute atomic E-state index is 11.7. The van der Waals surface area contributed by atoms with Crippen LogP contribution < -0.4 is 5.32 Å². The standard InChI is InChI=1S/C10H18N2O4/c1-10(2,5-8(14)15)11-9(16)12-4-3-7(13)6-12/h7,13H,3-6H2,1-2H3,(H,11,16)(H,14,15). The van der Waals surface area contributed by atoms with Crippen molar-refractivity contribution >= 4 is 12.0 Å². The lowest BCUT2D eigenvalue weighted by molar-refractivity contribution is -0.138. The number of nitrogens with one attached hydrogen (secondary N) is 1. The molecule has 1 aliphatic rings. The van der Waals surface area contributed by atoms with E-state index >= 15 is 0 Å². The van der Waals surface area contributed by atoms with E-state index in [1.54, 1.807) is 13.8 Å². The molecule has 1 heterocycles. The average Bonchev–Trinajstić information content (AvgIpc) is 2.47. The van der Waals surface area contributed by atoms with Gasteiger partial charge in [0.25, 0.3) is 0 Å². The summed E-state index contributed by atoms with van der Waals surface area (Å²) in [4.78, 5) is 23.8. The Morgan fingerprint density at radius 3 is 2.56 bits per heavy atom. The van der Waals surface area contributed by atoms with Crippen molar-refractivity contribution in [2.75, 3.05) is 13.1 Å². The van der Waals surface area contributed by atoms with Gasteiger partial charge in [-0.25, -0.2) is 4.79 Å². The van der Waals surface area contributed by atoms with Gasteiger partial charge >= 0.3 is 12.0 Å². The molecule has 3 N–H and O–H groups in total. The van der Waals surface area contributed by atoms with E-state index in [1.807, 2.05) is 0 Å². The molecule has 1 unspecified atom stereocenters. The highest BCUT2D eigenvalue weighted by Gasteiger charge is 2.29. The average molecular weight is 230 g/mol. The number of rotatable bonds is 3. The van der Waals surface area contributed by atoms with Crippen molar-refractivity contribution in [3.05, 3.63) is 0 Å². The van der Waals surface area contributed by atoms with Crippen molar-refractivity contribution in [1.82, 2.24) is 10.2 Å². The smallest absolute Gasteiger partial charge is 0.317 e. The number of amides is 2. The molecule has 0 radical (unpaired) electrons. The molecule has 92 valence electrons. The van der Waals surface area contributed by atoms with Crippen LogP contribution in [0.4, 0.5) is 4.79 Å². The zero-order valence-corrected chi connectivity index (χ0v) is 9.56. The van der Waals surface area contributed by atoms with E-state index in [-0.39, 0.29) is 12.5 Å². The molecule has 6 heteroatoms. The highest BCUT2D eigenvalue weighted by Crippen LogP contribution is 2.12. The Bertz CT molecular complexity index is 291. The van der Waals surface area contributed by atoms with Gasteiger partial charge in [-0.1, -0.05) is 0 Å². The second kappa shape index (κ2) is 4.69. The summed E-state index contributed by atoms with van der Waals surface area (Å²) in [5.74, 6) is -0.952. The maximum Gasteiger partial charge on any atom is 0.317 e. The van der Waals surface area contributed by atoms with Gasteiger partial charge < -0.3 is 20.4 Å². The number of carboxylic acid groups (broad SMARTS) is 1. The van der Waals surface area contributed by atoms with Gasteiger partial charge in [-0.15, -0.1) is 0 Å². The molecule has 1 rings (SSSR count). The second-order valence-corrected chi connectivity index (χ2v) is 4.77. The first-order valence-corrected chi connectivity index (χ1v) is 5.27. The van der Waals surface area contributed by atoms with Crippen LogP contribution in [0.1, 0.15) is 26.7 Å². The lowest BCUT2D eigenvalue weighted by Gasteiger charge is -2.27. The molecule has 16 heavy (non-hydrogen) atoms. The van der Waals surface area contributed by atoms with Crippen LogP contribution in [0.2, 0.25) is 0 Å². The summed E-state index contributed by atoms with van der Waals surface area (Å²) in [6.07, 6.45) is -0.0182. The van der Waals surface area contributed by atoms with Crippen molar-refractivity contribution in [3.63, 3.8) is 0 Å². The van der Waals surface area contributed by atoms with Crippen molar-refractivity contribution in [3.8, 4) is 0 Å². The van der Waals surface area contributed by atoms with E-state index in [9.17, 15) is 14.7 Å². The molecule has 0 aromatic rings. The van der Waals surface area contributed by atoms with Crippen molar-refractivity contribution < 1.29 is 19.8 Å². The third-order valence-corrected chi connectivity index (χ3v) is 2.49. The minimum Gasteiger partial charge on any atom is -0.481 e. The first-order valence-electron chi connectivity index (χ1n) is 5.27. The summed E-state index contributed by atoms with van der Waals surface area (Å²) in [6, 6.07) is -0.317. The number of β-amino-alcohol motifs (C(OH)–C–C–N with tert-alkyl or cyclic N) is 1. The Hall–Kier alpha value is -1.30. The highest BCUT2D eigenvalue weighted by atomic mass is 16.4. The molecule has 1 atom stereocenters. The number of carboxylic acids is 1. The van der Waals surface area contributed by atoms with Gasteiger partial charge in [0.15, 0.2) is 0 Å². The van der Waals surface area contributed by atoms with Crippen molar-refractivity contribution in [1.29, 1.82) is 0 Å². The number of aliphatic carboxylic acids is 1. The molecular weight excluding hydrogens is 212 g/mol. The summed E-state index contributed by atoms with van der Waals surface area (Å²) in [7, 11) is 0. The predicted molar refractivity (Wildman–Crippen MR) is 57.1 cm³/mol. The topological polar surface area (TPSA) is 89.9 Å². The van der Waals surface area contributed by atoms with Crippen LogP contribution in [0.25, 0.3) is 0 Å². The lowest BCUT2D eigenvalue weighted by atomic mass is 10.0. The molecule has 1 aliphatic heterocycles. The van der Waals surface area contributed by atoms with E-state index < -0.39 is 17.6 Å². The number of aliphatic hydroxyl groups is 1. The predicted octanol–water partition coefficient (Wildman–Crippen LogP) is 0.0159. The fraction of sp³-hybridized carbons (Fsp3) is 0.800. The molecule has 0 spiro atoms. The Morgan fingerprint density at radius 1 is 1.50 bits per heavy atom. The highest BCUT2D eigenvalue weighted by molar-refractivity contribution is 5.77. The molecular formula is C10H18N2O4. The number of aliphatic hydroxyl groups excluding tert-OH is 1. The van der Waals surface area contributed by atoms with Gasteiger partial charge in [0.2, 0.25) is 0 Å². The molecule has 1 fully saturated rings. The number of carbonyl (C=O) groups is 2. The van der Waals surface area contributed by atoms with E-state index in [0.29, 0.717) is 19.5 Å². The number of likely N-dealkylation sites (tertiary alicyclic amines) is 1. The summed E-state index contributed by atoms with van der Waals surface area (Å²) in [6.45, 7) is 4.14. The molecule has 0 aromatic carbocycles. The van der Waals surface area contributed by atoms with E-state index in [0.717, 1.165) is 0 Å². The molecule has 0 bridgehead atoms. The van der Waals surface area contributed by atoms with Gasteiger partial charge in [-0.05, 0) is 20.3 Å². The zero-order chi connectivity index (χ0) is 12.3. The van der Waals surface area contributed by atoms with Gasteiger partial charge in [0.1, 0.15) is 0 Å². The quantitative estimate of drug-likeness (QED) is 0.637. The molecule has 0 aromatic heterocycles. The number of nitrogens with zero attached hydrogens (tertiary/aromatic N) is 1. The van der Waals surface area contributed by atoms with Crippen LogP contribution in [0.15, 0.2) is 0 Å². The SMILES string of the molecule is CC(C)(CC(=O)O)NC(=O)N1CCC(O)C1. The van der Waals surface area contributed by atoms with Crippen LogP contribution in [-0.4, -0.2) is 51.8 Å². The molecule has 1 saturated heterocycles. The molecule has 0 saturated carbocycles. The Balaban J connectivity index is 2.47. The number of urea groups is 1. The summed E-state index contributed by atoms with van der Waals surface area (Å²) < 4.78 is 0. The first kappa shape index (κ1) is 12.8. The normalized spacial score (nSPS) is 20.9. The van der Waals surface area contributed by atoms with E-state index in [1.165, 1.54) is 4.90 Å². The van der Waals surface area contributed by atoms with Gasteiger partial charge in [0.05, 0.1) is 12.5 Å². The molecule has 6 nitrogen and oxygen atoms in total. The van der Waals surface area contributed by atoms with E-state index in [4.69, 9.17) is 5.11 Å². The summed E-state index contributed by atoms with van der Waals surface area (Å²) in [5.41, 5.74) is -0.781. The van der Waals surface area contributed by atoms with Gasteiger partial charge in [-0.3, -0.25) is 4.79 Å². The summed E-state index contributed by atoms with van der Waals surface area (Å²) >= 11 is 0. The zero-order valence-electron chi connectivity index (χ0n) is 9.56. The lowest BCUT2D eigenvalue weighted by Crippen LogP contribution is -2.50. The minimum atomic E-state index is -0.952. The number of hydrogen-bond acceptors (Lipinski definition) is 3. The van der Waals surface area contributed by atoms with Crippen LogP contribution >= 0.6 is 0 Å². The van der Waals surface area contributed by atoms with Crippen molar-refractivity contribution in [2.45, 2.75) is 38.3 Å². The summed E-state index contributed by atoms with van der Waals surface area (Å²) in [5, 5.41) is 20.6. The van der Waals surface area contributed by atoms with Crippen LogP contribution in [0, 0.1) is 0 Å². The number of carbonyl (C=O) groups excluding carboxylic acids is 1. The van der Waals surface area contributed by atoms with Crippen LogP contribution in [0.3, 0.4) is 0 Å². The maximum atomic E-state index is 11.7. The molecule has 0 aliphatic carbocycles. The number of hydrogen-bond donors (Lipinski definition) is 3. The Kier molecular flexibility index (Phi) is 3.74. The van der Waals surface area contributed by atoms with Crippen LogP contribution in [0.5, 0.6) is 0 Å². The fourth-order valence-corrected chi connectivity index (χ4v) is 1.72. The second-order valence-electron chi connectivity index (χ2n) is 4.77. The van der Waals surface area contributed by atoms with Crippen LogP contribution in [-0.2, 0) is 4.79 Å². The Labute approximate surface area is 94.2 Å². The third kappa shape index (κ3) is 3.69.